The number of epoxide rings is 1. The highest BCUT2D eigenvalue weighted by molar-refractivity contribution is 7.47. The molecule has 62 heavy (non-hydrogen) atoms. The molecule has 1 aliphatic heterocycles. The second-order valence-electron chi connectivity index (χ2n) is 15.3. The van der Waals surface area contributed by atoms with E-state index in [-0.39, 0.29) is 12.8 Å². The maximum Gasteiger partial charge on any atom is 0.472 e. The Hall–Kier alpha value is -2.48. The third kappa shape index (κ3) is 38.0. The number of aliphatic hydroxyl groups excluding tert-OH is 1. The quantitative estimate of drug-likeness (QED) is 0.0148. The zero-order chi connectivity index (χ0) is 45.6. The van der Waals surface area contributed by atoms with Gasteiger partial charge in [-0.2, -0.15) is 0 Å². The lowest BCUT2D eigenvalue weighted by atomic mass is 10.1. The van der Waals surface area contributed by atoms with Gasteiger partial charge >= 0.3 is 27.6 Å². The van der Waals surface area contributed by atoms with Crippen molar-refractivity contribution in [3.8, 4) is 0 Å². The van der Waals surface area contributed by atoms with Crippen molar-refractivity contribution in [2.24, 2.45) is 0 Å². The molecule has 4 N–H and O–H groups in total. The van der Waals surface area contributed by atoms with Gasteiger partial charge in [-0.05, 0) is 77.0 Å². The molecule has 1 heterocycles. The van der Waals surface area contributed by atoms with Gasteiger partial charge in [-0.15, -0.1) is 0 Å². The molecule has 0 bridgehead atoms. The molecule has 0 aromatic carbocycles. The third-order valence-corrected chi connectivity index (χ3v) is 10.9. The number of carbonyl (C=O) groups excluding carboxylic acids is 2. The van der Waals surface area contributed by atoms with E-state index >= 15 is 0 Å². The lowest BCUT2D eigenvalue weighted by Crippen LogP contribution is -2.29. The summed E-state index contributed by atoms with van der Waals surface area (Å²) in [7, 11) is -9.71. The Balaban J connectivity index is 2.39. The van der Waals surface area contributed by atoms with Gasteiger partial charge in [0.25, 0.3) is 0 Å². The maximum absolute atomic E-state index is 12.7. The van der Waals surface area contributed by atoms with Crippen LogP contribution in [0.5, 0.6) is 0 Å². The van der Waals surface area contributed by atoms with Crippen molar-refractivity contribution in [3.05, 3.63) is 72.9 Å². The minimum atomic E-state index is -4.87. The summed E-state index contributed by atoms with van der Waals surface area (Å²) in [6.07, 6.45) is 43.7. The molecule has 0 aromatic rings. The van der Waals surface area contributed by atoms with E-state index in [1.807, 2.05) is 18.2 Å². The minimum absolute atomic E-state index is 0.0620. The summed E-state index contributed by atoms with van der Waals surface area (Å²) in [5.74, 6) is -1.15. The first-order valence-electron chi connectivity index (χ1n) is 22.8. The second kappa shape index (κ2) is 37.9. The van der Waals surface area contributed by atoms with Crippen LogP contribution in [0.25, 0.3) is 0 Å². The van der Waals surface area contributed by atoms with E-state index in [0.29, 0.717) is 31.5 Å². The Morgan fingerprint density at radius 1 is 0.565 bits per heavy atom. The number of esters is 2. The van der Waals surface area contributed by atoms with Crippen molar-refractivity contribution in [2.75, 3.05) is 26.4 Å². The van der Waals surface area contributed by atoms with Gasteiger partial charge in [0, 0.05) is 12.8 Å². The molecule has 16 heteroatoms. The molecule has 356 valence electrons. The van der Waals surface area contributed by atoms with E-state index in [0.717, 1.165) is 70.6 Å². The molecule has 5 atom stereocenters. The van der Waals surface area contributed by atoms with Crippen molar-refractivity contribution < 1.29 is 66.3 Å². The Labute approximate surface area is 371 Å². The monoisotopic (exact) mass is 916 g/mol. The average molecular weight is 917 g/mol. The summed E-state index contributed by atoms with van der Waals surface area (Å²) >= 11 is 0. The van der Waals surface area contributed by atoms with Crippen molar-refractivity contribution in [1.82, 2.24) is 0 Å². The molecule has 0 saturated carbocycles. The van der Waals surface area contributed by atoms with Gasteiger partial charge in [0.2, 0.25) is 0 Å². The summed E-state index contributed by atoms with van der Waals surface area (Å²) in [6.45, 7) is 1.54. The highest BCUT2D eigenvalue weighted by Crippen LogP contribution is 2.44. The molecule has 1 rings (SSSR count). The van der Waals surface area contributed by atoms with E-state index in [2.05, 4.69) is 77.6 Å². The number of allylic oxidation sites excluding steroid dienone is 10. The first kappa shape index (κ1) is 57.5. The number of rotatable bonds is 41. The van der Waals surface area contributed by atoms with Crippen LogP contribution in [0.2, 0.25) is 0 Å². The minimum Gasteiger partial charge on any atom is -0.462 e. The molecular formula is C46H78O14P2. The second-order valence-corrected chi connectivity index (χ2v) is 18.0. The zero-order valence-corrected chi connectivity index (χ0v) is 39.2. The standard InChI is InChI=1S/C46H78O14P2/c1-3-5-7-8-9-10-11-12-13-14-19-22-25-28-32-36-46(49)59-42(40-58-62(53,54)57-38-41(47)37-56-61(50,51)52)39-55-45(48)35-31-27-24-21-18-16-15-17-20-23-26-30-34-44-43(60-44)33-29-6-4-2/h6,12-13,16-18,20,24,26-27,29-30,41-44,47H,3-5,7-11,14-15,19,21-23,25,28,31-40H2,1-2H3,(H,53,54)(H2,50,51,52)/b13-12-,18-16-,20-17-,27-24-,29-6-,30-26-/t41-,42+,43?,44?/m0/s1. The highest BCUT2D eigenvalue weighted by Gasteiger charge is 2.36. The van der Waals surface area contributed by atoms with Crippen LogP contribution >= 0.6 is 15.6 Å². The molecule has 14 nitrogen and oxygen atoms in total. The van der Waals surface area contributed by atoms with Crippen LogP contribution in [0.4, 0.5) is 0 Å². The molecule has 1 saturated heterocycles. The van der Waals surface area contributed by atoms with Gasteiger partial charge in [-0.3, -0.25) is 23.2 Å². The Kier molecular flexibility index (Phi) is 35.1. The molecule has 0 aliphatic carbocycles. The third-order valence-electron chi connectivity index (χ3n) is 9.48. The summed E-state index contributed by atoms with van der Waals surface area (Å²) < 4.78 is 53.4. The molecule has 0 aromatic heterocycles. The lowest BCUT2D eigenvalue weighted by molar-refractivity contribution is -0.161. The summed E-state index contributed by atoms with van der Waals surface area (Å²) in [6, 6.07) is 0. The summed E-state index contributed by atoms with van der Waals surface area (Å²) in [4.78, 5) is 52.7. The van der Waals surface area contributed by atoms with E-state index in [4.69, 9.17) is 28.5 Å². The predicted molar refractivity (Wildman–Crippen MR) is 243 cm³/mol. The van der Waals surface area contributed by atoms with Crippen molar-refractivity contribution in [1.29, 1.82) is 0 Å². The number of aliphatic hydroxyl groups is 1. The van der Waals surface area contributed by atoms with Crippen LogP contribution in [-0.2, 0) is 46.5 Å². The van der Waals surface area contributed by atoms with Crippen molar-refractivity contribution in [2.45, 2.75) is 180 Å². The fourth-order valence-electron chi connectivity index (χ4n) is 5.94. The van der Waals surface area contributed by atoms with E-state index in [1.54, 1.807) is 0 Å². The van der Waals surface area contributed by atoms with Gasteiger partial charge in [0.05, 0.1) is 32.0 Å². The van der Waals surface area contributed by atoms with Gasteiger partial charge in [0.15, 0.2) is 6.10 Å². The predicted octanol–water partition coefficient (Wildman–Crippen LogP) is 10.8. The van der Waals surface area contributed by atoms with Gasteiger partial charge in [-0.25, -0.2) is 9.13 Å². The molecule has 0 spiro atoms. The maximum atomic E-state index is 12.7. The van der Waals surface area contributed by atoms with Gasteiger partial charge in [0.1, 0.15) is 12.7 Å². The Bertz CT molecular complexity index is 1440. The van der Waals surface area contributed by atoms with E-state index < -0.39 is 66.2 Å². The first-order chi connectivity index (χ1) is 29.8. The van der Waals surface area contributed by atoms with E-state index in [9.17, 15) is 28.7 Å². The van der Waals surface area contributed by atoms with Gasteiger partial charge in [-0.1, -0.05) is 138 Å². The topological polar surface area (TPSA) is 208 Å². The number of ether oxygens (including phenoxy) is 3. The zero-order valence-electron chi connectivity index (χ0n) is 37.4. The average Bonchev–Trinajstić information content (AvgIpc) is 3.99. The molecule has 0 radical (unpaired) electrons. The number of carbonyl (C=O) groups is 2. The largest absolute Gasteiger partial charge is 0.472 e. The van der Waals surface area contributed by atoms with Crippen LogP contribution in [-0.4, -0.2) is 82.6 Å². The number of hydrogen-bond donors (Lipinski definition) is 4. The van der Waals surface area contributed by atoms with Crippen molar-refractivity contribution in [3.63, 3.8) is 0 Å². The van der Waals surface area contributed by atoms with Crippen molar-refractivity contribution >= 4 is 27.6 Å². The first-order valence-corrected chi connectivity index (χ1v) is 25.8. The number of phosphoric ester groups is 2. The molecule has 1 fully saturated rings. The number of phosphoric acid groups is 2. The van der Waals surface area contributed by atoms with Crippen LogP contribution in [0.1, 0.15) is 155 Å². The Morgan fingerprint density at radius 2 is 1.06 bits per heavy atom. The number of hydrogen-bond acceptors (Lipinski definition) is 11. The Morgan fingerprint density at radius 3 is 1.66 bits per heavy atom. The van der Waals surface area contributed by atoms with Gasteiger partial charge < -0.3 is 34.0 Å². The normalized spacial score (nSPS) is 17.9. The fraction of sp³-hybridized carbons (Fsp3) is 0.696. The van der Waals surface area contributed by atoms with E-state index in [1.165, 1.54) is 38.5 Å². The smallest absolute Gasteiger partial charge is 0.462 e. The summed E-state index contributed by atoms with van der Waals surface area (Å²) in [5, 5.41) is 9.75. The molecule has 1 aliphatic rings. The lowest BCUT2D eigenvalue weighted by Gasteiger charge is -2.20. The van der Waals surface area contributed by atoms with Crippen LogP contribution in [0.3, 0.4) is 0 Å². The van der Waals surface area contributed by atoms with Crippen LogP contribution < -0.4 is 0 Å². The van der Waals surface area contributed by atoms with Crippen LogP contribution in [0, 0.1) is 0 Å². The fourth-order valence-corrected chi connectivity index (χ4v) is 7.09. The number of unbranched alkanes of at least 4 members (excludes halogenated alkanes) is 11. The van der Waals surface area contributed by atoms with Crippen LogP contribution in [0.15, 0.2) is 72.9 Å². The summed E-state index contributed by atoms with van der Waals surface area (Å²) in [5.41, 5.74) is 0. The molecule has 0 amide bonds. The highest BCUT2D eigenvalue weighted by atomic mass is 31.2. The molecular weight excluding hydrogens is 838 g/mol. The SMILES string of the molecule is CC/C=C\CC1OC1C/C=C\C/C=C\C/C=C\C/C=C\CCC(=O)OC[C@H](COP(=O)(O)OC[C@@H](O)COP(=O)(O)O)OC(=O)CCCCCCC/C=C\CCCCCCCC. The molecule has 3 unspecified atom stereocenters.